The molecule has 0 aromatic carbocycles. The highest BCUT2D eigenvalue weighted by molar-refractivity contribution is 4.82. The molecule has 0 saturated carbocycles. The van der Waals surface area contributed by atoms with Gasteiger partial charge in [0.1, 0.15) is 0 Å². The van der Waals surface area contributed by atoms with Gasteiger partial charge in [0, 0.05) is 25.2 Å². The number of likely N-dealkylation sites (N-methyl/N-ethyl adjacent to an activating group) is 1. The third-order valence-electron chi connectivity index (χ3n) is 3.41. The van der Waals surface area contributed by atoms with Crippen molar-refractivity contribution in [2.45, 2.75) is 46.2 Å². The van der Waals surface area contributed by atoms with Gasteiger partial charge in [0.15, 0.2) is 0 Å². The van der Waals surface area contributed by atoms with E-state index >= 15 is 0 Å². The minimum atomic E-state index is 0.689. The Bertz CT molecular complexity index is 148. The van der Waals surface area contributed by atoms with Gasteiger partial charge in [0.05, 0.1) is 0 Å². The second-order valence-electron chi connectivity index (χ2n) is 5.23. The fraction of sp³-hybridized carbons (Fsp3) is 1.00. The molecule has 1 rings (SSSR count). The van der Waals surface area contributed by atoms with Crippen LogP contribution in [0, 0.1) is 5.92 Å². The van der Waals surface area contributed by atoms with Gasteiger partial charge in [-0.25, -0.2) is 0 Å². The summed E-state index contributed by atoms with van der Waals surface area (Å²) in [5.74, 6) is 0.781. The lowest BCUT2D eigenvalue weighted by atomic mass is 9.98. The summed E-state index contributed by atoms with van der Waals surface area (Å²) >= 11 is 0. The van der Waals surface area contributed by atoms with Gasteiger partial charge >= 0.3 is 0 Å². The van der Waals surface area contributed by atoms with Crippen LogP contribution in [-0.2, 0) is 0 Å². The molecular weight excluding hydrogens is 172 g/mol. The van der Waals surface area contributed by atoms with Crippen LogP contribution in [0.1, 0.15) is 34.1 Å². The van der Waals surface area contributed by atoms with Crippen molar-refractivity contribution in [3.63, 3.8) is 0 Å². The SMILES string of the molecule is CC(C)C1CCN(C)CCN1C(C)C. The average molecular weight is 198 g/mol. The molecule has 0 aromatic rings. The highest BCUT2D eigenvalue weighted by Gasteiger charge is 2.26. The maximum atomic E-state index is 2.67. The molecule has 1 saturated heterocycles. The van der Waals surface area contributed by atoms with E-state index in [0.29, 0.717) is 6.04 Å². The van der Waals surface area contributed by atoms with E-state index in [0.717, 1.165) is 12.0 Å². The van der Waals surface area contributed by atoms with Crippen molar-refractivity contribution in [1.82, 2.24) is 9.80 Å². The predicted molar refractivity (Wildman–Crippen MR) is 62.6 cm³/mol. The lowest BCUT2D eigenvalue weighted by Gasteiger charge is -2.35. The van der Waals surface area contributed by atoms with Gasteiger partial charge in [-0.3, -0.25) is 4.90 Å². The van der Waals surface area contributed by atoms with Crippen molar-refractivity contribution in [2.24, 2.45) is 5.92 Å². The van der Waals surface area contributed by atoms with Gasteiger partial charge in [0.2, 0.25) is 0 Å². The molecule has 0 radical (unpaired) electrons. The first-order valence-corrected chi connectivity index (χ1v) is 5.96. The molecule has 0 aromatic heterocycles. The molecular formula is C12H26N2. The molecule has 14 heavy (non-hydrogen) atoms. The molecule has 0 N–H and O–H groups in total. The zero-order valence-electron chi connectivity index (χ0n) is 10.5. The lowest BCUT2D eigenvalue weighted by molar-refractivity contribution is 0.125. The van der Waals surface area contributed by atoms with Crippen molar-refractivity contribution >= 4 is 0 Å². The van der Waals surface area contributed by atoms with Crippen molar-refractivity contribution < 1.29 is 0 Å². The largest absolute Gasteiger partial charge is 0.305 e. The van der Waals surface area contributed by atoms with E-state index in [2.05, 4.69) is 44.5 Å². The van der Waals surface area contributed by atoms with E-state index in [9.17, 15) is 0 Å². The fourth-order valence-corrected chi connectivity index (χ4v) is 2.44. The zero-order valence-corrected chi connectivity index (χ0v) is 10.5. The summed E-state index contributed by atoms with van der Waals surface area (Å²) < 4.78 is 0. The predicted octanol–water partition coefficient (Wildman–Crippen LogP) is 2.06. The van der Waals surface area contributed by atoms with Crippen LogP contribution < -0.4 is 0 Å². The number of rotatable bonds is 2. The van der Waals surface area contributed by atoms with E-state index < -0.39 is 0 Å². The van der Waals surface area contributed by atoms with Crippen LogP contribution in [0.15, 0.2) is 0 Å². The first-order chi connectivity index (χ1) is 6.52. The topological polar surface area (TPSA) is 6.48 Å². The summed E-state index contributed by atoms with van der Waals surface area (Å²) in [6.07, 6.45) is 1.33. The summed E-state index contributed by atoms with van der Waals surface area (Å²) in [7, 11) is 2.24. The first kappa shape index (κ1) is 12.0. The normalized spacial score (nSPS) is 27.2. The van der Waals surface area contributed by atoms with Crippen molar-refractivity contribution in [3.8, 4) is 0 Å². The summed E-state index contributed by atoms with van der Waals surface area (Å²) in [5, 5.41) is 0. The molecule has 1 heterocycles. The van der Waals surface area contributed by atoms with Crippen LogP contribution >= 0.6 is 0 Å². The van der Waals surface area contributed by atoms with Crippen LogP contribution in [0.4, 0.5) is 0 Å². The molecule has 0 amide bonds. The van der Waals surface area contributed by atoms with Crippen molar-refractivity contribution in [2.75, 3.05) is 26.7 Å². The third kappa shape index (κ3) is 2.96. The fourth-order valence-electron chi connectivity index (χ4n) is 2.44. The van der Waals surface area contributed by atoms with Gasteiger partial charge in [-0.2, -0.15) is 0 Å². The minimum absolute atomic E-state index is 0.689. The van der Waals surface area contributed by atoms with E-state index in [1.165, 1.54) is 26.1 Å². The van der Waals surface area contributed by atoms with Crippen molar-refractivity contribution in [1.29, 1.82) is 0 Å². The van der Waals surface area contributed by atoms with Crippen LogP contribution in [0.3, 0.4) is 0 Å². The second kappa shape index (κ2) is 5.13. The van der Waals surface area contributed by atoms with Gasteiger partial charge in [-0.05, 0) is 39.8 Å². The molecule has 1 atom stereocenters. The van der Waals surface area contributed by atoms with Crippen LogP contribution in [0.2, 0.25) is 0 Å². The molecule has 0 spiro atoms. The second-order valence-corrected chi connectivity index (χ2v) is 5.23. The molecule has 2 heteroatoms. The third-order valence-corrected chi connectivity index (χ3v) is 3.41. The van der Waals surface area contributed by atoms with Crippen LogP contribution in [0.5, 0.6) is 0 Å². The molecule has 1 aliphatic heterocycles. The van der Waals surface area contributed by atoms with E-state index in [1.54, 1.807) is 0 Å². The zero-order chi connectivity index (χ0) is 10.7. The van der Waals surface area contributed by atoms with Gasteiger partial charge in [-0.15, -0.1) is 0 Å². The quantitative estimate of drug-likeness (QED) is 0.670. The Morgan fingerprint density at radius 2 is 1.64 bits per heavy atom. The summed E-state index contributed by atoms with van der Waals surface area (Å²) in [4.78, 5) is 5.13. The summed E-state index contributed by atoms with van der Waals surface area (Å²) in [5.41, 5.74) is 0. The number of nitrogens with zero attached hydrogens (tertiary/aromatic N) is 2. The standard InChI is InChI=1S/C12H26N2/c1-10(2)12-6-7-13(5)8-9-14(12)11(3)4/h10-12H,6-9H2,1-5H3. The summed E-state index contributed by atoms with van der Waals surface area (Å²) in [6, 6.07) is 1.47. The number of hydrogen-bond acceptors (Lipinski definition) is 2. The Morgan fingerprint density at radius 3 is 2.14 bits per heavy atom. The highest BCUT2D eigenvalue weighted by Crippen LogP contribution is 2.20. The Kier molecular flexibility index (Phi) is 4.39. The van der Waals surface area contributed by atoms with E-state index in [1.807, 2.05) is 0 Å². The first-order valence-electron chi connectivity index (χ1n) is 5.96. The molecule has 1 aliphatic rings. The molecule has 1 unspecified atom stereocenters. The maximum absolute atomic E-state index is 2.67. The minimum Gasteiger partial charge on any atom is -0.305 e. The smallest absolute Gasteiger partial charge is 0.0134 e. The van der Waals surface area contributed by atoms with Gasteiger partial charge < -0.3 is 4.90 Å². The Labute approximate surface area is 89.3 Å². The average Bonchev–Trinajstić information content (AvgIpc) is 2.26. The Hall–Kier alpha value is -0.0800. The van der Waals surface area contributed by atoms with E-state index in [4.69, 9.17) is 0 Å². The Morgan fingerprint density at radius 1 is 1.00 bits per heavy atom. The summed E-state index contributed by atoms with van der Waals surface area (Å²) in [6.45, 7) is 13.1. The molecule has 1 fully saturated rings. The van der Waals surface area contributed by atoms with Crippen LogP contribution in [-0.4, -0.2) is 48.6 Å². The van der Waals surface area contributed by atoms with Gasteiger partial charge in [0.25, 0.3) is 0 Å². The van der Waals surface area contributed by atoms with E-state index in [-0.39, 0.29) is 0 Å². The lowest BCUT2D eigenvalue weighted by Crippen LogP contribution is -2.44. The molecule has 84 valence electrons. The van der Waals surface area contributed by atoms with Crippen LogP contribution in [0.25, 0.3) is 0 Å². The molecule has 0 aliphatic carbocycles. The highest BCUT2D eigenvalue weighted by atomic mass is 15.2. The maximum Gasteiger partial charge on any atom is 0.0134 e. The molecule has 0 bridgehead atoms. The number of hydrogen-bond donors (Lipinski definition) is 0. The van der Waals surface area contributed by atoms with Crippen molar-refractivity contribution in [3.05, 3.63) is 0 Å². The monoisotopic (exact) mass is 198 g/mol. The Balaban J connectivity index is 2.66. The van der Waals surface area contributed by atoms with Gasteiger partial charge in [-0.1, -0.05) is 13.8 Å². The molecule has 2 nitrogen and oxygen atoms in total.